The van der Waals surface area contributed by atoms with Gasteiger partial charge in [0.05, 0.1) is 5.56 Å². The fraction of sp³-hybridized carbons (Fsp3) is 0.158. The second-order valence-corrected chi connectivity index (χ2v) is 7.27. The van der Waals surface area contributed by atoms with Crippen LogP contribution in [-0.2, 0) is 13.2 Å². The van der Waals surface area contributed by atoms with E-state index in [0.29, 0.717) is 11.1 Å². The summed E-state index contributed by atoms with van der Waals surface area (Å²) >= 11 is -0.263. The van der Waals surface area contributed by atoms with Crippen LogP contribution in [0.4, 0.5) is 32.0 Å². The Balaban J connectivity index is 1.89. The molecule has 0 aliphatic heterocycles. The van der Waals surface area contributed by atoms with Crippen molar-refractivity contribution in [3.8, 4) is 11.1 Å². The summed E-state index contributed by atoms with van der Waals surface area (Å²) in [7, 11) is 1.26. The highest BCUT2D eigenvalue weighted by atomic mass is 32.2. The summed E-state index contributed by atoms with van der Waals surface area (Å²) in [5, 5.41) is 5.73. The minimum Gasteiger partial charge on any atom is -0.321 e. The summed E-state index contributed by atoms with van der Waals surface area (Å²) in [5.41, 5.74) is -5.25. The Morgan fingerprint density at radius 3 is 2.23 bits per heavy atom. The summed E-state index contributed by atoms with van der Waals surface area (Å²) in [6, 6.07) is 11.7. The third kappa shape index (κ3) is 5.15. The molecule has 30 heavy (non-hydrogen) atoms. The quantitative estimate of drug-likeness (QED) is 0.398. The Morgan fingerprint density at radius 2 is 1.63 bits per heavy atom. The Labute approximate surface area is 170 Å². The molecule has 3 rings (SSSR count). The molecule has 1 amide bonds. The third-order valence-electron chi connectivity index (χ3n) is 3.92. The molecule has 1 N–H and O–H groups in total. The molecule has 4 nitrogen and oxygen atoms in total. The Morgan fingerprint density at radius 1 is 1.00 bits per heavy atom. The van der Waals surface area contributed by atoms with Crippen LogP contribution >= 0.6 is 11.8 Å². The molecule has 0 fully saturated rings. The molecule has 0 spiro atoms. The third-order valence-corrected chi connectivity index (χ3v) is 4.66. The lowest BCUT2D eigenvalue weighted by atomic mass is 10.0. The average Bonchev–Trinajstić information content (AvgIpc) is 3.04. The maximum absolute atomic E-state index is 13.1. The average molecular weight is 445 g/mol. The molecule has 2 aromatic carbocycles. The van der Waals surface area contributed by atoms with Crippen molar-refractivity contribution in [3.63, 3.8) is 0 Å². The van der Waals surface area contributed by atoms with E-state index in [1.807, 2.05) is 0 Å². The number of hydrogen-bond acceptors (Lipinski definition) is 3. The van der Waals surface area contributed by atoms with Crippen molar-refractivity contribution in [3.05, 3.63) is 66.0 Å². The minimum absolute atomic E-state index is 0.0158. The summed E-state index contributed by atoms with van der Waals surface area (Å²) < 4.78 is 77.7. The molecular formula is C19H13F6N3OS. The molecule has 0 saturated carbocycles. The van der Waals surface area contributed by atoms with Gasteiger partial charge in [0.1, 0.15) is 0 Å². The van der Waals surface area contributed by atoms with Gasteiger partial charge >= 0.3 is 11.7 Å². The Kier molecular flexibility index (Phi) is 5.84. The second kappa shape index (κ2) is 8.05. The fourth-order valence-corrected chi connectivity index (χ4v) is 3.27. The zero-order valence-electron chi connectivity index (χ0n) is 15.2. The molecule has 11 heteroatoms. The number of benzene rings is 2. The lowest BCUT2D eigenvalue weighted by molar-refractivity contribution is -0.141. The van der Waals surface area contributed by atoms with E-state index in [0.717, 1.165) is 10.9 Å². The number of aromatic nitrogens is 2. The van der Waals surface area contributed by atoms with Gasteiger partial charge in [-0.2, -0.15) is 31.4 Å². The standard InChI is InChI=1S/C19H13F6N3OS/c1-28-10-14(16(27-28)18(20,21)22)17(29)26-15-5-3-2-4-13(15)11-6-8-12(9-7-11)30-19(23,24)25/h2-10H,1H3,(H,26,29). The molecule has 0 unspecified atom stereocenters. The van der Waals surface area contributed by atoms with Gasteiger partial charge in [-0.1, -0.05) is 30.3 Å². The molecular weight excluding hydrogens is 432 g/mol. The van der Waals surface area contributed by atoms with Crippen molar-refractivity contribution >= 4 is 23.4 Å². The van der Waals surface area contributed by atoms with E-state index in [1.165, 1.54) is 37.4 Å². The van der Waals surface area contributed by atoms with Crippen LogP contribution in [0.5, 0.6) is 0 Å². The van der Waals surface area contributed by atoms with Gasteiger partial charge in [0, 0.05) is 29.4 Å². The van der Waals surface area contributed by atoms with Gasteiger partial charge in [0.2, 0.25) is 0 Å². The number of para-hydroxylation sites is 1. The highest BCUT2D eigenvalue weighted by molar-refractivity contribution is 8.00. The largest absolute Gasteiger partial charge is 0.446 e. The van der Waals surface area contributed by atoms with Gasteiger partial charge in [-0.25, -0.2) is 0 Å². The van der Waals surface area contributed by atoms with E-state index in [9.17, 15) is 31.1 Å². The van der Waals surface area contributed by atoms with Crippen molar-refractivity contribution < 1.29 is 31.1 Å². The maximum Gasteiger partial charge on any atom is 0.446 e. The molecule has 0 bridgehead atoms. The van der Waals surface area contributed by atoms with Crippen molar-refractivity contribution in [1.82, 2.24) is 9.78 Å². The van der Waals surface area contributed by atoms with Gasteiger partial charge in [-0.3, -0.25) is 9.48 Å². The number of nitrogens with zero attached hydrogens (tertiary/aromatic N) is 2. The highest BCUT2D eigenvalue weighted by Gasteiger charge is 2.39. The number of rotatable bonds is 4. The number of alkyl halides is 6. The summed E-state index contributed by atoms with van der Waals surface area (Å²) in [6.07, 6.45) is -3.84. The topological polar surface area (TPSA) is 46.9 Å². The SMILES string of the molecule is Cn1cc(C(=O)Nc2ccccc2-c2ccc(SC(F)(F)F)cc2)c(C(F)(F)F)n1. The molecule has 0 atom stereocenters. The van der Waals surface area contributed by atoms with Crippen LogP contribution in [0.1, 0.15) is 16.1 Å². The van der Waals surface area contributed by atoms with Gasteiger partial charge in [0.15, 0.2) is 5.69 Å². The monoisotopic (exact) mass is 445 g/mol. The number of hydrogen-bond donors (Lipinski definition) is 1. The molecule has 3 aromatic rings. The van der Waals surface area contributed by atoms with E-state index in [4.69, 9.17) is 0 Å². The maximum atomic E-state index is 13.1. The second-order valence-electron chi connectivity index (χ2n) is 6.13. The van der Waals surface area contributed by atoms with Gasteiger partial charge in [-0.05, 0) is 35.5 Å². The summed E-state index contributed by atoms with van der Waals surface area (Å²) in [4.78, 5) is 12.5. The molecule has 1 heterocycles. The first-order valence-corrected chi connectivity index (χ1v) is 9.13. The molecule has 1 aromatic heterocycles. The number of aryl methyl sites for hydroxylation is 1. The number of amides is 1. The van der Waals surface area contributed by atoms with Gasteiger partial charge in [-0.15, -0.1) is 0 Å². The number of carbonyl (C=O) groups is 1. The van der Waals surface area contributed by atoms with E-state index in [2.05, 4.69) is 10.4 Å². The molecule has 0 saturated heterocycles. The number of anilines is 1. The zero-order valence-corrected chi connectivity index (χ0v) is 16.0. The summed E-state index contributed by atoms with van der Waals surface area (Å²) in [6.45, 7) is 0. The van der Waals surface area contributed by atoms with Gasteiger partial charge < -0.3 is 5.32 Å². The number of halogens is 6. The van der Waals surface area contributed by atoms with Crippen LogP contribution in [0.3, 0.4) is 0 Å². The predicted octanol–water partition coefficient (Wildman–Crippen LogP) is 5.97. The molecule has 0 aliphatic rings. The lowest BCUT2D eigenvalue weighted by Crippen LogP contribution is -2.18. The van der Waals surface area contributed by atoms with Crippen LogP contribution in [0, 0.1) is 0 Å². The molecule has 0 radical (unpaired) electrons. The molecule has 0 aliphatic carbocycles. The van der Waals surface area contributed by atoms with E-state index in [-0.39, 0.29) is 22.3 Å². The lowest BCUT2D eigenvalue weighted by Gasteiger charge is -2.12. The first-order chi connectivity index (χ1) is 13.9. The van der Waals surface area contributed by atoms with Crippen molar-refractivity contribution in [1.29, 1.82) is 0 Å². The zero-order chi connectivity index (χ0) is 22.1. The first-order valence-electron chi connectivity index (χ1n) is 8.31. The summed E-state index contributed by atoms with van der Waals surface area (Å²) in [5.74, 6) is -1.01. The fourth-order valence-electron chi connectivity index (χ4n) is 2.73. The van der Waals surface area contributed by atoms with Crippen molar-refractivity contribution in [2.75, 3.05) is 5.32 Å². The smallest absolute Gasteiger partial charge is 0.321 e. The van der Waals surface area contributed by atoms with Crippen LogP contribution in [-0.4, -0.2) is 21.2 Å². The first kappa shape index (κ1) is 21.8. The number of thioether (sulfide) groups is 1. The number of carbonyl (C=O) groups excluding carboxylic acids is 1. The van der Waals surface area contributed by atoms with Crippen LogP contribution < -0.4 is 5.32 Å². The van der Waals surface area contributed by atoms with Crippen LogP contribution in [0.15, 0.2) is 59.6 Å². The van der Waals surface area contributed by atoms with Crippen LogP contribution in [0.25, 0.3) is 11.1 Å². The van der Waals surface area contributed by atoms with E-state index < -0.39 is 28.8 Å². The Hall–Kier alpha value is -2.95. The Bertz CT molecular complexity index is 1060. The minimum atomic E-state index is -4.81. The van der Waals surface area contributed by atoms with E-state index >= 15 is 0 Å². The van der Waals surface area contributed by atoms with E-state index in [1.54, 1.807) is 18.2 Å². The normalized spacial score (nSPS) is 12.1. The van der Waals surface area contributed by atoms with Crippen LogP contribution in [0.2, 0.25) is 0 Å². The predicted molar refractivity (Wildman–Crippen MR) is 100.0 cm³/mol. The van der Waals surface area contributed by atoms with Gasteiger partial charge in [0.25, 0.3) is 5.91 Å². The van der Waals surface area contributed by atoms with Crippen molar-refractivity contribution in [2.45, 2.75) is 16.6 Å². The highest BCUT2D eigenvalue weighted by Crippen LogP contribution is 2.38. The number of nitrogens with one attached hydrogen (secondary N) is 1. The van der Waals surface area contributed by atoms with Crippen molar-refractivity contribution in [2.24, 2.45) is 7.05 Å². The molecule has 158 valence electrons.